The van der Waals surface area contributed by atoms with Crippen LogP contribution in [0.5, 0.6) is 0 Å². The van der Waals surface area contributed by atoms with Crippen LogP contribution >= 0.6 is 23.1 Å². The largest absolute Gasteiger partial charge is 0.444 e. The molecule has 1 aromatic rings. The van der Waals surface area contributed by atoms with Gasteiger partial charge < -0.3 is 35.6 Å². The van der Waals surface area contributed by atoms with Gasteiger partial charge in [-0.1, -0.05) is 13.8 Å². The van der Waals surface area contributed by atoms with E-state index in [0.29, 0.717) is 64.6 Å². The zero-order valence-electron chi connectivity index (χ0n) is 23.7. The predicted octanol–water partition coefficient (Wildman–Crippen LogP) is 2.26. The molecule has 0 radical (unpaired) electrons. The van der Waals surface area contributed by atoms with E-state index in [1.165, 1.54) is 0 Å². The Morgan fingerprint density at radius 2 is 1.95 bits per heavy atom. The summed E-state index contributed by atoms with van der Waals surface area (Å²) in [4.78, 5) is 47.3. The normalized spacial score (nSPS) is 16.1. The highest BCUT2D eigenvalue weighted by Gasteiger charge is 2.24. The van der Waals surface area contributed by atoms with Crippen LogP contribution in [0.1, 0.15) is 49.7 Å². The van der Waals surface area contributed by atoms with Crippen molar-refractivity contribution in [1.82, 2.24) is 36.1 Å². The summed E-state index contributed by atoms with van der Waals surface area (Å²) < 4.78 is 10.6. The van der Waals surface area contributed by atoms with Gasteiger partial charge in [-0.05, 0) is 19.3 Å². The minimum atomic E-state index is -0.662. The molecule has 224 valence electrons. The summed E-state index contributed by atoms with van der Waals surface area (Å²) in [6.45, 7) is 9.37. The first-order valence-corrected chi connectivity index (χ1v) is 15.7. The van der Waals surface area contributed by atoms with Gasteiger partial charge in [0.2, 0.25) is 5.91 Å². The molecule has 1 fully saturated rings. The highest BCUT2D eigenvalue weighted by molar-refractivity contribution is 8.03. The van der Waals surface area contributed by atoms with E-state index in [2.05, 4.69) is 45.0 Å². The number of hydrogen-bond acceptors (Lipinski definition) is 10. The molecule has 0 aliphatic carbocycles. The topological polar surface area (TPSA) is 137 Å². The Morgan fingerprint density at radius 3 is 2.62 bits per heavy atom. The van der Waals surface area contributed by atoms with Gasteiger partial charge in [-0.2, -0.15) is 0 Å². The number of thiazole rings is 1. The summed E-state index contributed by atoms with van der Waals surface area (Å²) in [5, 5.41) is 14.7. The molecule has 1 aromatic heterocycles. The third-order valence-electron chi connectivity index (χ3n) is 6.38. The smallest absolute Gasteiger partial charge is 0.407 e. The van der Waals surface area contributed by atoms with Crippen molar-refractivity contribution in [3.63, 3.8) is 0 Å². The third kappa shape index (κ3) is 11.5. The van der Waals surface area contributed by atoms with Crippen LogP contribution < -0.4 is 21.3 Å². The fourth-order valence-corrected chi connectivity index (χ4v) is 5.50. The van der Waals surface area contributed by atoms with Gasteiger partial charge in [-0.15, -0.1) is 23.1 Å². The molecule has 3 rings (SSSR count). The van der Waals surface area contributed by atoms with Gasteiger partial charge in [0.05, 0.1) is 36.3 Å². The maximum Gasteiger partial charge on any atom is 0.407 e. The SMILES string of the molecule is CC(C)c1nc(CN(C)C(=O)NC(CCN2CCOCC2)C(=O)NCCCCNC(=O)OCC2=CNCS2)cs1. The fourth-order valence-electron chi connectivity index (χ4n) is 4.02. The van der Waals surface area contributed by atoms with Gasteiger partial charge in [-0.3, -0.25) is 9.69 Å². The molecule has 0 saturated carbocycles. The van der Waals surface area contributed by atoms with Crippen molar-refractivity contribution >= 4 is 41.1 Å². The zero-order valence-corrected chi connectivity index (χ0v) is 25.3. The first-order chi connectivity index (χ1) is 19.3. The number of morpholine rings is 1. The van der Waals surface area contributed by atoms with Gasteiger partial charge in [0.1, 0.15) is 12.6 Å². The number of carbonyl (C=O) groups excluding carboxylic acids is 3. The molecule has 1 unspecified atom stereocenters. The molecule has 2 aliphatic rings. The summed E-state index contributed by atoms with van der Waals surface area (Å²) >= 11 is 3.20. The van der Waals surface area contributed by atoms with Gasteiger partial charge in [-0.25, -0.2) is 14.6 Å². The lowest BCUT2D eigenvalue weighted by molar-refractivity contribution is -0.123. The molecule has 40 heavy (non-hydrogen) atoms. The standard InChI is InChI=1S/C26H43N7O5S2/c1-19(2)24-30-20(17-39-24)15-32(3)25(35)31-22(6-9-33-10-12-37-13-11-33)23(34)28-7-4-5-8-29-26(36)38-16-21-14-27-18-40-21/h14,17,19,22,27H,4-13,15-16,18H2,1-3H3,(H,28,34)(H,29,36)(H,31,35). The Hall–Kier alpha value is -2.55. The molecule has 14 heteroatoms. The second-order valence-electron chi connectivity index (χ2n) is 10.0. The summed E-state index contributed by atoms with van der Waals surface area (Å²) in [7, 11) is 1.71. The van der Waals surface area contributed by atoms with Crippen molar-refractivity contribution in [2.75, 3.05) is 65.5 Å². The van der Waals surface area contributed by atoms with Crippen LogP contribution in [0.25, 0.3) is 0 Å². The average Bonchev–Trinajstić information content (AvgIpc) is 3.64. The lowest BCUT2D eigenvalue weighted by Gasteiger charge is -2.29. The second-order valence-corrected chi connectivity index (χ2v) is 12.0. The number of urea groups is 1. The van der Waals surface area contributed by atoms with Crippen LogP contribution in [-0.4, -0.2) is 104 Å². The Morgan fingerprint density at radius 1 is 1.20 bits per heavy atom. The van der Waals surface area contributed by atoms with Crippen molar-refractivity contribution < 1.29 is 23.9 Å². The molecule has 2 aliphatic heterocycles. The maximum atomic E-state index is 13.1. The third-order valence-corrected chi connectivity index (χ3v) is 8.49. The highest BCUT2D eigenvalue weighted by Crippen LogP contribution is 2.20. The number of alkyl carbamates (subject to hydrolysis) is 1. The Balaban J connectivity index is 1.40. The molecule has 4 amide bonds. The van der Waals surface area contributed by atoms with Crippen LogP contribution in [0.15, 0.2) is 16.5 Å². The second kappa shape index (κ2) is 17.3. The molecule has 0 aromatic carbocycles. The monoisotopic (exact) mass is 597 g/mol. The van der Waals surface area contributed by atoms with Crippen LogP contribution in [0.2, 0.25) is 0 Å². The number of nitrogens with zero attached hydrogens (tertiary/aromatic N) is 3. The Kier molecular flexibility index (Phi) is 13.8. The lowest BCUT2D eigenvalue weighted by atomic mass is 10.1. The molecular weight excluding hydrogens is 554 g/mol. The molecule has 3 heterocycles. The van der Waals surface area contributed by atoms with Crippen LogP contribution in [0.3, 0.4) is 0 Å². The number of amides is 4. The van der Waals surface area contributed by atoms with Gasteiger partial charge in [0.15, 0.2) is 0 Å². The van der Waals surface area contributed by atoms with Crippen molar-refractivity contribution in [1.29, 1.82) is 0 Å². The van der Waals surface area contributed by atoms with Crippen LogP contribution in [-0.2, 0) is 20.8 Å². The van der Waals surface area contributed by atoms with Crippen molar-refractivity contribution in [2.24, 2.45) is 0 Å². The van der Waals surface area contributed by atoms with E-state index in [1.54, 1.807) is 35.0 Å². The molecule has 12 nitrogen and oxygen atoms in total. The van der Waals surface area contributed by atoms with Crippen LogP contribution in [0, 0.1) is 0 Å². The molecule has 1 atom stereocenters. The fraction of sp³-hybridized carbons (Fsp3) is 0.692. The number of rotatable bonds is 15. The molecular formula is C26H43N7O5S2. The maximum absolute atomic E-state index is 13.1. The summed E-state index contributed by atoms with van der Waals surface area (Å²) in [5.41, 5.74) is 0.838. The Labute approximate surface area is 245 Å². The van der Waals surface area contributed by atoms with Crippen molar-refractivity contribution in [3.05, 3.63) is 27.2 Å². The van der Waals surface area contributed by atoms with E-state index in [9.17, 15) is 14.4 Å². The van der Waals surface area contributed by atoms with E-state index < -0.39 is 12.1 Å². The van der Waals surface area contributed by atoms with Gasteiger partial charge in [0.25, 0.3) is 0 Å². The lowest BCUT2D eigenvalue weighted by Crippen LogP contribution is -2.52. The number of nitrogens with one attached hydrogen (secondary N) is 4. The summed E-state index contributed by atoms with van der Waals surface area (Å²) in [6, 6.07) is -0.976. The van der Waals surface area contributed by atoms with E-state index in [-0.39, 0.29) is 18.5 Å². The summed E-state index contributed by atoms with van der Waals surface area (Å²) in [5.74, 6) is 0.924. The number of hydrogen-bond donors (Lipinski definition) is 4. The first kappa shape index (κ1) is 32.0. The number of thioether (sulfide) groups is 1. The van der Waals surface area contributed by atoms with E-state index in [0.717, 1.165) is 34.6 Å². The number of unbranched alkanes of at least 4 members (excludes halogenated alkanes) is 1. The predicted molar refractivity (Wildman–Crippen MR) is 157 cm³/mol. The van der Waals surface area contributed by atoms with Crippen molar-refractivity contribution in [3.8, 4) is 0 Å². The van der Waals surface area contributed by atoms with E-state index in [1.807, 2.05) is 11.6 Å². The quantitative estimate of drug-likeness (QED) is 0.224. The number of ether oxygens (including phenoxy) is 2. The highest BCUT2D eigenvalue weighted by atomic mass is 32.2. The zero-order chi connectivity index (χ0) is 28.7. The van der Waals surface area contributed by atoms with E-state index in [4.69, 9.17) is 9.47 Å². The van der Waals surface area contributed by atoms with E-state index >= 15 is 0 Å². The minimum Gasteiger partial charge on any atom is -0.444 e. The van der Waals surface area contributed by atoms with Crippen molar-refractivity contribution in [2.45, 2.75) is 51.6 Å². The van der Waals surface area contributed by atoms with Gasteiger partial charge in [0, 0.05) is 62.2 Å². The molecule has 0 bridgehead atoms. The first-order valence-electron chi connectivity index (χ1n) is 13.8. The molecule has 1 saturated heterocycles. The molecule has 4 N–H and O–H groups in total. The number of carbonyl (C=O) groups is 3. The molecule has 0 spiro atoms. The summed E-state index contributed by atoms with van der Waals surface area (Å²) in [6.07, 6.45) is 3.26. The Bertz CT molecular complexity index is 984. The van der Waals surface area contributed by atoms with Gasteiger partial charge >= 0.3 is 12.1 Å². The average molecular weight is 598 g/mol. The van der Waals surface area contributed by atoms with Crippen LogP contribution in [0.4, 0.5) is 9.59 Å². The minimum absolute atomic E-state index is 0.214. The number of aromatic nitrogens is 1.